The highest BCUT2D eigenvalue weighted by atomic mass is 35.5. The molecule has 30 nitrogen and oxygen atoms in total. The summed E-state index contributed by atoms with van der Waals surface area (Å²) in [6, 6.07) is 19.8. The van der Waals surface area contributed by atoms with Crippen LogP contribution < -0.4 is 65.8 Å². The van der Waals surface area contributed by atoms with Gasteiger partial charge in [-0.05, 0) is 141 Å². The Morgan fingerprint density at radius 2 is 0.876 bits per heavy atom. The molecule has 8 aromatic heterocycles. The number of rotatable bonds is 7. The molecule has 0 unspecified atom stereocenters. The molecule has 11 N–H and O–H groups in total. The van der Waals surface area contributed by atoms with Crippen LogP contribution in [0.2, 0.25) is 15.1 Å². The van der Waals surface area contributed by atoms with E-state index in [9.17, 15) is 52.7 Å². The average molecular weight is 1280 g/mol. The minimum atomic E-state index is -0.743. The number of ketones is 1. The van der Waals surface area contributed by atoms with Crippen molar-refractivity contribution in [1.82, 2.24) is 69.5 Å². The Hall–Kier alpha value is -10.7. The molecular weight excluding hydrogens is 1220 g/mol. The summed E-state index contributed by atoms with van der Waals surface area (Å²) in [6.07, 6.45) is 8.95. The monoisotopic (exact) mass is 1280 g/mol. The lowest BCUT2D eigenvalue weighted by molar-refractivity contribution is -0.115. The van der Waals surface area contributed by atoms with Crippen LogP contribution in [0.15, 0.2) is 140 Å². The molecule has 11 rings (SSSR count). The molecule has 11 heterocycles. The first kappa shape index (κ1) is 69.1. The van der Waals surface area contributed by atoms with Crippen molar-refractivity contribution in [3.8, 4) is 0 Å². The Morgan fingerprint density at radius 1 is 0.517 bits per heavy atom. The number of nitrogens with two attached hydrogens (primary N) is 2. The molecule has 0 bridgehead atoms. The van der Waals surface area contributed by atoms with E-state index in [1.807, 2.05) is 0 Å². The van der Waals surface area contributed by atoms with E-state index in [2.05, 4.69) is 71.2 Å². The maximum atomic E-state index is 12.5. The summed E-state index contributed by atoms with van der Waals surface area (Å²) >= 11 is 16.6. The van der Waals surface area contributed by atoms with Gasteiger partial charge in [-0.25, -0.2) is 34.7 Å². The highest BCUT2D eigenvalue weighted by Crippen LogP contribution is 2.24. The van der Waals surface area contributed by atoms with Crippen molar-refractivity contribution in [1.29, 1.82) is 0 Å². The molecule has 89 heavy (non-hydrogen) atoms. The van der Waals surface area contributed by atoms with Crippen LogP contribution in [0.1, 0.15) is 115 Å². The summed E-state index contributed by atoms with van der Waals surface area (Å²) in [6.45, 7) is 15.6. The minimum Gasteiger partial charge on any atom is -0.461 e. The molecule has 0 saturated heterocycles. The van der Waals surface area contributed by atoms with Crippen LogP contribution in [0.25, 0.3) is 0 Å². The quantitative estimate of drug-likeness (QED) is 0.0987. The first-order valence-electron chi connectivity index (χ1n) is 26.0. The summed E-state index contributed by atoms with van der Waals surface area (Å²) in [4.78, 5) is 152. The van der Waals surface area contributed by atoms with Crippen molar-refractivity contribution in [3.63, 3.8) is 0 Å². The van der Waals surface area contributed by atoms with Crippen LogP contribution in [0.5, 0.6) is 0 Å². The highest BCUT2D eigenvalue weighted by Gasteiger charge is 2.38. The van der Waals surface area contributed by atoms with Gasteiger partial charge in [0.1, 0.15) is 114 Å². The lowest BCUT2D eigenvalue weighted by Crippen LogP contribution is -2.42. The Labute approximate surface area is 519 Å². The van der Waals surface area contributed by atoms with Crippen LogP contribution in [-0.4, -0.2) is 95.6 Å². The third-order valence-electron chi connectivity index (χ3n) is 11.6. The fourth-order valence-corrected chi connectivity index (χ4v) is 8.23. The number of aromatic amines is 2. The molecule has 0 fully saturated rings. The van der Waals surface area contributed by atoms with Gasteiger partial charge in [0.05, 0.1) is 6.61 Å². The molecule has 0 aliphatic carbocycles. The lowest BCUT2D eigenvalue weighted by atomic mass is 10.2. The van der Waals surface area contributed by atoms with E-state index in [0.29, 0.717) is 45.9 Å². The molecule has 0 atom stereocenters. The zero-order valence-electron chi connectivity index (χ0n) is 48.9. The number of fused-ring (bicyclic) bond motifs is 3. The molecular formula is C56H59Cl3N18O12. The minimum absolute atomic E-state index is 0.0370. The normalized spacial score (nSPS) is 13.4. The number of carbonyl (C=O) groups excluding carboxylic acids is 6. The fourth-order valence-electron chi connectivity index (χ4n) is 7.86. The average Bonchev–Trinajstić information content (AvgIpc) is 1.69. The molecule has 0 saturated carbocycles. The number of nitrogen functional groups attached to an aromatic ring is 1. The predicted octanol–water partition coefficient (Wildman–Crippen LogP) is 4.56. The first-order chi connectivity index (χ1) is 41.8. The number of nitrogens with zero attached hydrogens (tertiary/aromatic N) is 9. The Kier molecular flexibility index (Phi) is 23.3. The van der Waals surface area contributed by atoms with Crippen LogP contribution in [0.3, 0.4) is 0 Å². The van der Waals surface area contributed by atoms with Crippen molar-refractivity contribution in [3.05, 3.63) is 212 Å². The summed E-state index contributed by atoms with van der Waals surface area (Å²) < 4.78 is 8.93. The zero-order chi connectivity index (χ0) is 66.1. The number of carbonyl (C=O) groups is 6. The van der Waals surface area contributed by atoms with E-state index in [1.165, 1.54) is 76.9 Å². The predicted molar refractivity (Wildman–Crippen MR) is 330 cm³/mol. The third-order valence-corrected chi connectivity index (χ3v) is 12.5. The highest BCUT2D eigenvalue weighted by molar-refractivity contribution is 6.31. The van der Waals surface area contributed by atoms with Crippen LogP contribution >= 0.6 is 34.8 Å². The second kappa shape index (κ2) is 30.1. The summed E-state index contributed by atoms with van der Waals surface area (Å²) in [5.74, 6) is -0.268. The molecule has 0 spiro atoms. The second-order valence-electron chi connectivity index (χ2n) is 20.0. The number of aromatic nitrogens is 11. The number of halogens is 3. The second-order valence-corrected chi connectivity index (χ2v) is 21.2. The number of hydrogen-bond donors (Lipinski definition) is 9. The van der Waals surface area contributed by atoms with Crippen molar-refractivity contribution in [2.45, 2.75) is 79.3 Å². The van der Waals surface area contributed by atoms with Gasteiger partial charge in [-0.2, -0.15) is 0 Å². The molecule has 0 aromatic carbocycles. The number of anilines is 5. The summed E-state index contributed by atoms with van der Waals surface area (Å²) in [5, 5.41) is 14.3. The molecule has 33 heteroatoms. The topological polar surface area (TPSA) is 433 Å². The Balaban J connectivity index is 0.000000197. The Morgan fingerprint density at radius 3 is 1.21 bits per heavy atom. The van der Waals surface area contributed by atoms with E-state index >= 15 is 0 Å². The number of primary amides is 1. The van der Waals surface area contributed by atoms with Crippen molar-refractivity contribution < 1.29 is 33.5 Å². The zero-order valence-corrected chi connectivity index (χ0v) is 51.2. The molecule has 0 radical (unpaired) electrons. The van der Waals surface area contributed by atoms with Gasteiger partial charge in [0.15, 0.2) is 0 Å². The lowest BCUT2D eigenvalue weighted by Gasteiger charge is -2.21. The van der Waals surface area contributed by atoms with Gasteiger partial charge >= 0.3 is 5.97 Å². The number of Topliss-reactive ketones (excluding diaryl/α,β-unsaturated/α-hetero) is 1. The summed E-state index contributed by atoms with van der Waals surface area (Å²) in [7, 11) is 0. The van der Waals surface area contributed by atoms with E-state index in [-0.39, 0.29) is 73.2 Å². The SMILES string of the molecule is CC(C)=O.CC1(C)NC(=O)c2ccc(Cl)c(=O)n21.CC1(C)NC(=O)c2ccc(Nc3ccncn3)c(=O)n21.CC1(C)NC(=O)c2ccc(Nc3ccncn3)c(=O)n21.CCOC(=O)c1ccc(Cl)c(=O)[nH]1.NC(=O)c1ccc(Cl)c(=O)[nH]1.Nc1ccncn1. The fraction of sp³-hybridized carbons (Fsp3) is 0.232. The van der Waals surface area contributed by atoms with E-state index in [4.69, 9.17) is 46.3 Å². The van der Waals surface area contributed by atoms with Crippen molar-refractivity contribution >= 4 is 99.0 Å². The molecule has 3 aliphatic heterocycles. The van der Waals surface area contributed by atoms with Crippen molar-refractivity contribution in [2.75, 3.05) is 23.0 Å². The largest absolute Gasteiger partial charge is 0.461 e. The number of nitrogens with one attached hydrogen (secondary N) is 7. The van der Waals surface area contributed by atoms with Gasteiger partial charge in [0, 0.05) is 18.6 Å². The number of pyridine rings is 5. The van der Waals surface area contributed by atoms with Gasteiger partial charge in [0.25, 0.3) is 51.4 Å². The van der Waals surface area contributed by atoms with Crippen LogP contribution in [-0.2, 0) is 26.5 Å². The van der Waals surface area contributed by atoms with Gasteiger partial charge in [0.2, 0.25) is 0 Å². The molecule has 3 aliphatic rings. The van der Waals surface area contributed by atoms with Gasteiger partial charge in [-0.15, -0.1) is 0 Å². The van der Waals surface area contributed by atoms with Crippen molar-refractivity contribution in [2.24, 2.45) is 5.73 Å². The van der Waals surface area contributed by atoms with E-state index < -0.39 is 40.0 Å². The summed E-state index contributed by atoms with van der Waals surface area (Å²) in [5.41, 5.74) is 7.95. The maximum Gasteiger partial charge on any atom is 0.354 e. The first-order valence-corrected chi connectivity index (χ1v) is 27.1. The third kappa shape index (κ3) is 18.4. The molecule has 4 amide bonds. The van der Waals surface area contributed by atoms with Crippen LogP contribution in [0, 0.1) is 0 Å². The number of ether oxygens (including phenoxy) is 1. The molecule has 466 valence electrons. The van der Waals surface area contributed by atoms with E-state index in [1.54, 1.807) is 116 Å². The Bertz CT molecular complexity index is 4100. The number of esters is 1. The maximum absolute atomic E-state index is 12.5. The molecule has 8 aromatic rings. The van der Waals surface area contributed by atoms with Gasteiger partial charge in [-0.3, -0.25) is 56.9 Å². The van der Waals surface area contributed by atoms with Gasteiger partial charge < -0.3 is 57.6 Å². The smallest absolute Gasteiger partial charge is 0.354 e. The van der Waals surface area contributed by atoms with E-state index in [0.717, 1.165) is 0 Å². The standard InChI is InChI=1S/2C13H13N5O2.C9H9ClN2O2.C8H8ClNO3.C6H5ClN2O2.C4H5N3.C3H6O/c2*1-13(2)17-11(19)9-4-3-8(12(20)18(9)13)16-10-5-6-14-7-15-10;1-9(2)11-7(13)6-4-3-5(10)8(14)12(6)9;1-2-13-8(12)6-4-3-5(9)7(11)10-6;7-3-1-2-4(5(8)10)9-6(3)11;5-4-1-2-6-3-7-4;1-3(2)4/h2*3-7H,1-2H3,(H,17,19)(H,14,15,16);3-4H,1-2H3,(H,11,13);3-4H,2H2,1H3,(H,10,11);1-2H,(H2,8,10)(H,9,11);1-3H,(H2,5,6,7);1-2H3. The van der Waals surface area contributed by atoms with Crippen LogP contribution in [0.4, 0.5) is 28.8 Å². The number of amides is 4. The van der Waals surface area contributed by atoms with Gasteiger partial charge in [-0.1, -0.05) is 34.8 Å². The number of H-pyrrole nitrogens is 2. The number of hydrogen-bond acceptors (Lipinski definition) is 21.